The van der Waals surface area contributed by atoms with E-state index in [9.17, 15) is 4.79 Å². The maximum Gasteiger partial charge on any atom is 0.255 e. The highest BCUT2D eigenvalue weighted by Crippen LogP contribution is 2.13. The predicted molar refractivity (Wildman–Crippen MR) is 95.2 cm³/mol. The molecule has 6 heteroatoms. The van der Waals surface area contributed by atoms with Crippen LogP contribution in [0.2, 0.25) is 0 Å². The number of aliphatic imine (C=N–C) groups is 1. The van der Waals surface area contributed by atoms with E-state index < -0.39 is 0 Å². The number of aromatic nitrogens is 1. The number of anilines is 1. The molecule has 0 saturated heterocycles. The molecule has 118 valence electrons. The first-order valence-electron chi connectivity index (χ1n) is 6.83. The van der Waals surface area contributed by atoms with Crippen LogP contribution in [0.4, 0.5) is 5.69 Å². The van der Waals surface area contributed by atoms with Gasteiger partial charge in [0.25, 0.3) is 5.91 Å². The van der Waals surface area contributed by atoms with E-state index in [-0.39, 0.29) is 5.91 Å². The average Bonchev–Trinajstić information content (AvgIpc) is 2.56. The van der Waals surface area contributed by atoms with E-state index >= 15 is 0 Å². The second-order valence-electron chi connectivity index (χ2n) is 4.68. The van der Waals surface area contributed by atoms with Crippen molar-refractivity contribution in [3.63, 3.8) is 0 Å². The lowest BCUT2D eigenvalue weighted by Gasteiger charge is -2.16. The van der Waals surface area contributed by atoms with E-state index in [0.717, 1.165) is 22.2 Å². The van der Waals surface area contributed by atoms with Gasteiger partial charge in [-0.05, 0) is 26.0 Å². The summed E-state index contributed by atoms with van der Waals surface area (Å²) < 4.78 is 0. The molecular weight excluding hydrogens is 296 g/mol. The third-order valence-corrected chi connectivity index (χ3v) is 3.94. The van der Waals surface area contributed by atoms with Gasteiger partial charge in [0.1, 0.15) is 0 Å². The molecule has 0 bridgehead atoms. The molecule has 0 atom stereocenters. The fourth-order valence-electron chi connectivity index (χ4n) is 1.48. The minimum atomic E-state index is -0.103. The van der Waals surface area contributed by atoms with Crippen LogP contribution in [-0.4, -0.2) is 35.8 Å². The van der Waals surface area contributed by atoms with Crippen molar-refractivity contribution in [3.8, 4) is 0 Å². The van der Waals surface area contributed by atoms with E-state index in [1.807, 2.05) is 20.0 Å². The van der Waals surface area contributed by atoms with Crippen LogP contribution in [0.15, 0.2) is 53.6 Å². The Balaban J connectivity index is 2.67. The molecule has 1 amide bonds. The highest BCUT2D eigenvalue weighted by Gasteiger charge is 2.12. The third-order valence-electron chi connectivity index (χ3n) is 2.92. The van der Waals surface area contributed by atoms with Crippen molar-refractivity contribution in [2.45, 2.75) is 13.8 Å². The summed E-state index contributed by atoms with van der Waals surface area (Å²) in [5.41, 5.74) is 2.26. The predicted octanol–water partition coefficient (Wildman–Crippen LogP) is 2.83. The molecule has 0 unspecified atom stereocenters. The quantitative estimate of drug-likeness (QED) is 0.498. The minimum absolute atomic E-state index is 0.103. The number of nitrogens with one attached hydrogen (secondary N) is 1. The van der Waals surface area contributed by atoms with Crippen LogP contribution in [0.1, 0.15) is 13.8 Å². The molecular formula is C16H22N4OS. The molecule has 0 aliphatic heterocycles. The van der Waals surface area contributed by atoms with E-state index in [2.05, 4.69) is 21.9 Å². The van der Waals surface area contributed by atoms with Crippen molar-refractivity contribution >= 4 is 28.4 Å². The second-order valence-corrected chi connectivity index (χ2v) is 5.85. The van der Waals surface area contributed by atoms with Gasteiger partial charge in [-0.3, -0.25) is 14.8 Å². The normalized spacial score (nSPS) is 12.0. The van der Waals surface area contributed by atoms with Crippen molar-refractivity contribution in [3.05, 3.63) is 48.6 Å². The van der Waals surface area contributed by atoms with Gasteiger partial charge in [0, 0.05) is 43.5 Å². The number of carbonyl (C=O) groups is 1. The van der Waals surface area contributed by atoms with E-state index in [1.165, 1.54) is 0 Å². The van der Waals surface area contributed by atoms with Gasteiger partial charge in [0.15, 0.2) is 0 Å². The fourth-order valence-corrected chi connectivity index (χ4v) is 2.13. The Bertz CT molecular complexity index is 581. The van der Waals surface area contributed by atoms with Crippen LogP contribution in [0.3, 0.4) is 0 Å². The highest BCUT2D eigenvalue weighted by molar-refractivity contribution is 8.14. The Hall–Kier alpha value is -2.08. The second kappa shape index (κ2) is 9.04. The lowest BCUT2D eigenvalue weighted by Crippen LogP contribution is -2.26. The van der Waals surface area contributed by atoms with Gasteiger partial charge in [-0.1, -0.05) is 6.58 Å². The van der Waals surface area contributed by atoms with Gasteiger partial charge in [0.05, 0.1) is 16.9 Å². The Morgan fingerprint density at radius 3 is 2.86 bits per heavy atom. The van der Waals surface area contributed by atoms with Crippen molar-refractivity contribution in [1.82, 2.24) is 10.3 Å². The molecule has 1 aromatic rings. The van der Waals surface area contributed by atoms with Crippen LogP contribution >= 0.6 is 11.8 Å². The number of carbonyl (C=O) groups excluding carboxylic acids is 1. The number of hydrogen-bond acceptors (Lipinski definition) is 5. The van der Waals surface area contributed by atoms with Gasteiger partial charge in [0.2, 0.25) is 0 Å². The summed E-state index contributed by atoms with van der Waals surface area (Å²) in [6.07, 6.45) is 4.92. The number of likely N-dealkylation sites (N-methyl/N-ethyl adjacent to an activating group) is 1. The first-order valence-corrected chi connectivity index (χ1v) is 7.81. The SMILES string of the molecule is C=C(CSC(C)=N/C=C(\C)C(=O)N(C)c1cccnc1)NC. The molecule has 0 aliphatic rings. The van der Waals surface area contributed by atoms with Crippen molar-refractivity contribution in [2.24, 2.45) is 4.99 Å². The molecule has 1 rings (SSSR count). The maximum atomic E-state index is 12.3. The third kappa shape index (κ3) is 5.73. The lowest BCUT2D eigenvalue weighted by molar-refractivity contribution is -0.114. The standard InChI is InChI=1S/C16H22N4OS/c1-12(9-19-14(3)22-11-13(2)17-4)16(21)20(5)15-7-6-8-18-10-15/h6-10,17H,2,11H2,1,3-5H3/b12-9+,19-14?. The van der Waals surface area contributed by atoms with Crippen LogP contribution < -0.4 is 10.2 Å². The van der Waals surface area contributed by atoms with Gasteiger partial charge >= 0.3 is 0 Å². The Morgan fingerprint density at radius 2 is 2.27 bits per heavy atom. The number of rotatable bonds is 6. The zero-order valence-electron chi connectivity index (χ0n) is 13.5. The molecule has 0 radical (unpaired) electrons. The summed E-state index contributed by atoms with van der Waals surface area (Å²) in [5.74, 6) is 0.650. The van der Waals surface area contributed by atoms with E-state index in [1.54, 1.807) is 55.3 Å². The van der Waals surface area contributed by atoms with E-state index in [0.29, 0.717) is 5.57 Å². The monoisotopic (exact) mass is 318 g/mol. The summed E-state index contributed by atoms with van der Waals surface area (Å²) in [6, 6.07) is 3.64. The number of thioether (sulfide) groups is 1. The van der Waals surface area contributed by atoms with Gasteiger partial charge in [-0.2, -0.15) is 0 Å². The summed E-state index contributed by atoms with van der Waals surface area (Å²) in [4.78, 5) is 22.2. The molecule has 0 fully saturated rings. The summed E-state index contributed by atoms with van der Waals surface area (Å²) in [6.45, 7) is 7.52. The van der Waals surface area contributed by atoms with Crippen LogP contribution in [0.25, 0.3) is 0 Å². The average molecular weight is 318 g/mol. The molecule has 0 aromatic carbocycles. The van der Waals surface area contributed by atoms with Crippen molar-refractivity contribution in [2.75, 3.05) is 24.7 Å². The minimum Gasteiger partial charge on any atom is -0.391 e. The molecule has 1 N–H and O–H groups in total. The first-order chi connectivity index (χ1) is 10.5. The van der Waals surface area contributed by atoms with Gasteiger partial charge in [-0.25, -0.2) is 0 Å². The van der Waals surface area contributed by atoms with Crippen LogP contribution in [0.5, 0.6) is 0 Å². The summed E-state index contributed by atoms with van der Waals surface area (Å²) in [7, 11) is 3.56. The zero-order valence-corrected chi connectivity index (χ0v) is 14.3. The summed E-state index contributed by atoms with van der Waals surface area (Å²) >= 11 is 1.58. The molecule has 0 spiro atoms. The maximum absolute atomic E-state index is 12.3. The molecule has 5 nitrogen and oxygen atoms in total. The molecule has 1 heterocycles. The largest absolute Gasteiger partial charge is 0.391 e. The summed E-state index contributed by atoms with van der Waals surface area (Å²) in [5, 5.41) is 3.87. The molecule has 0 saturated carbocycles. The van der Waals surface area contributed by atoms with Crippen molar-refractivity contribution in [1.29, 1.82) is 0 Å². The molecule has 1 aromatic heterocycles. The smallest absolute Gasteiger partial charge is 0.255 e. The van der Waals surface area contributed by atoms with Crippen LogP contribution in [0, 0.1) is 0 Å². The van der Waals surface area contributed by atoms with E-state index in [4.69, 9.17) is 0 Å². The van der Waals surface area contributed by atoms with Gasteiger partial charge in [-0.15, -0.1) is 11.8 Å². The molecule has 0 aliphatic carbocycles. The van der Waals surface area contributed by atoms with Crippen LogP contribution in [-0.2, 0) is 4.79 Å². The van der Waals surface area contributed by atoms with Crippen molar-refractivity contribution < 1.29 is 4.79 Å². The topological polar surface area (TPSA) is 57.6 Å². The van der Waals surface area contributed by atoms with Gasteiger partial charge < -0.3 is 10.2 Å². The Morgan fingerprint density at radius 1 is 1.55 bits per heavy atom. The Labute approximate surface area is 136 Å². The fraction of sp³-hybridized carbons (Fsp3) is 0.312. The number of amides is 1. The highest BCUT2D eigenvalue weighted by atomic mass is 32.2. The first kappa shape index (κ1) is 18.0. The number of hydrogen-bond donors (Lipinski definition) is 1. The number of pyridine rings is 1. The molecule has 22 heavy (non-hydrogen) atoms. The number of nitrogens with zero attached hydrogens (tertiary/aromatic N) is 3. The zero-order chi connectivity index (χ0) is 16.5. The Kier molecular flexibility index (Phi) is 7.39. The lowest BCUT2D eigenvalue weighted by atomic mass is 10.2.